The molecule has 1 aromatic heterocycles. The third-order valence-electron chi connectivity index (χ3n) is 3.21. The first kappa shape index (κ1) is 17.1. The molecular formula is C17H11BrClFN2OS. The summed E-state index contributed by atoms with van der Waals surface area (Å²) in [6, 6.07) is 11.5. The largest absolute Gasteiger partial charge is 0.298 e. The Morgan fingerprint density at radius 3 is 2.92 bits per heavy atom. The van der Waals surface area contributed by atoms with Crippen LogP contribution in [0.15, 0.2) is 53.1 Å². The van der Waals surface area contributed by atoms with Crippen LogP contribution in [0.25, 0.3) is 0 Å². The third kappa shape index (κ3) is 4.20. The second-order valence-corrected chi connectivity index (χ2v) is 7.42. The van der Waals surface area contributed by atoms with Crippen molar-refractivity contribution >= 4 is 49.9 Å². The zero-order valence-corrected chi connectivity index (χ0v) is 15.4. The van der Waals surface area contributed by atoms with Gasteiger partial charge < -0.3 is 0 Å². The van der Waals surface area contributed by atoms with Crippen LogP contribution in [0.5, 0.6) is 0 Å². The Morgan fingerprint density at radius 1 is 1.29 bits per heavy atom. The molecule has 0 unspecified atom stereocenters. The van der Waals surface area contributed by atoms with Gasteiger partial charge in [0.15, 0.2) is 5.13 Å². The first-order chi connectivity index (χ1) is 11.5. The van der Waals surface area contributed by atoms with Crippen molar-refractivity contribution in [3.8, 4) is 0 Å². The summed E-state index contributed by atoms with van der Waals surface area (Å²) < 4.78 is 13.8. The van der Waals surface area contributed by atoms with E-state index in [-0.39, 0.29) is 5.56 Å². The average molecular weight is 426 g/mol. The molecule has 1 amide bonds. The molecule has 24 heavy (non-hydrogen) atoms. The van der Waals surface area contributed by atoms with E-state index in [1.54, 1.807) is 6.20 Å². The molecule has 0 spiro atoms. The van der Waals surface area contributed by atoms with Crippen molar-refractivity contribution in [2.45, 2.75) is 6.42 Å². The first-order valence-electron chi connectivity index (χ1n) is 6.97. The van der Waals surface area contributed by atoms with E-state index >= 15 is 0 Å². The monoisotopic (exact) mass is 424 g/mol. The Hall–Kier alpha value is -1.76. The van der Waals surface area contributed by atoms with Gasteiger partial charge in [-0.3, -0.25) is 10.1 Å². The Kier molecular flexibility index (Phi) is 5.28. The SMILES string of the molecule is O=C(Nc1ncc(Cc2cccc(Cl)c2)s1)c1cc(F)ccc1Br. The minimum atomic E-state index is -0.468. The molecular weight excluding hydrogens is 415 g/mol. The number of halogens is 3. The van der Waals surface area contributed by atoms with Gasteiger partial charge in [0.25, 0.3) is 5.91 Å². The fraction of sp³-hybridized carbons (Fsp3) is 0.0588. The van der Waals surface area contributed by atoms with E-state index in [1.165, 1.54) is 29.5 Å². The molecule has 0 aliphatic heterocycles. The number of hydrogen-bond acceptors (Lipinski definition) is 3. The van der Waals surface area contributed by atoms with E-state index in [0.29, 0.717) is 21.0 Å². The van der Waals surface area contributed by atoms with Crippen molar-refractivity contribution in [1.29, 1.82) is 0 Å². The number of thiazole rings is 1. The van der Waals surface area contributed by atoms with E-state index in [1.807, 2.05) is 24.3 Å². The predicted octanol–water partition coefficient (Wildman–Crippen LogP) is 5.54. The van der Waals surface area contributed by atoms with Crippen LogP contribution < -0.4 is 5.32 Å². The summed E-state index contributed by atoms with van der Waals surface area (Å²) in [6.45, 7) is 0. The van der Waals surface area contributed by atoms with Crippen LogP contribution in [-0.4, -0.2) is 10.9 Å². The van der Waals surface area contributed by atoms with Gasteiger partial charge in [-0.25, -0.2) is 9.37 Å². The summed E-state index contributed by atoms with van der Waals surface area (Å²) in [7, 11) is 0. The molecule has 0 aliphatic carbocycles. The molecule has 3 nitrogen and oxygen atoms in total. The van der Waals surface area contributed by atoms with E-state index < -0.39 is 11.7 Å². The number of benzene rings is 2. The summed E-state index contributed by atoms with van der Waals surface area (Å²) in [6.07, 6.45) is 2.39. The molecule has 0 bridgehead atoms. The highest BCUT2D eigenvalue weighted by Gasteiger charge is 2.13. The molecule has 3 aromatic rings. The number of amides is 1. The maximum atomic E-state index is 13.3. The van der Waals surface area contributed by atoms with Crippen LogP contribution >= 0.6 is 38.9 Å². The normalized spacial score (nSPS) is 10.6. The molecule has 0 aliphatic rings. The third-order valence-corrected chi connectivity index (χ3v) is 5.05. The molecule has 1 N–H and O–H groups in total. The summed E-state index contributed by atoms with van der Waals surface area (Å²) in [5.41, 5.74) is 1.29. The number of hydrogen-bond donors (Lipinski definition) is 1. The lowest BCUT2D eigenvalue weighted by molar-refractivity contribution is 0.102. The first-order valence-corrected chi connectivity index (χ1v) is 8.95. The molecule has 0 fully saturated rings. The molecule has 0 atom stereocenters. The van der Waals surface area contributed by atoms with Gasteiger partial charge in [-0.1, -0.05) is 23.7 Å². The smallest absolute Gasteiger partial charge is 0.258 e. The minimum Gasteiger partial charge on any atom is -0.298 e. The van der Waals surface area contributed by atoms with Gasteiger partial charge in [-0.2, -0.15) is 0 Å². The van der Waals surface area contributed by atoms with Gasteiger partial charge in [0, 0.05) is 27.0 Å². The van der Waals surface area contributed by atoms with Crippen LogP contribution in [0.1, 0.15) is 20.8 Å². The summed E-state index contributed by atoms with van der Waals surface area (Å²) in [5, 5.41) is 3.84. The van der Waals surface area contributed by atoms with Crippen LogP contribution in [0, 0.1) is 5.82 Å². The van der Waals surface area contributed by atoms with Gasteiger partial charge in [0.05, 0.1) is 5.56 Å². The number of carbonyl (C=O) groups excluding carboxylic acids is 1. The molecule has 122 valence electrons. The number of rotatable bonds is 4. The van der Waals surface area contributed by atoms with Crippen LogP contribution in [0.2, 0.25) is 5.02 Å². The molecule has 0 radical (unpaired) electrons. The van der Waals surface area contributed by atoms with Crippen LogP contribution in [-0.2, 0) is 6.42 Å². The van der Waals surface area contributed by atoms with Crippen molar-refractivity contribution in [2.75, 3.05) is 5.32 Å². The molecule has 0 saturated heterocycles. The molecule has 7 heteroatoms. The molecule has 0 saturated carbocycles. The van der Waals surface area contributed by atoms with Gasteiger partial charge in [0.1, 0.15) is 5.82 Å². The Morgan fingerprint density at radius 2 is 2.12 bits per heavy atom. The van der Waals surface area contributed by atoms with E-state index in [9.17, 15) is 9.18 Å². The summed E-state index contributed by atoms with van der Waals surface area (Å²) in [4.78, 5) is 17.4. The number of anilines is 1. The van der Waals surface area contributed by atoms with E-state index in [0.717, 1.165) is 10.4 Å². The lowest BCUT2D eigenvalue weighted by Crippen LogP contribution is -2.12. The van der Waals surface area contributed by atoms with Gasteiger partial charge in [0.2, 0.25) is 0 Å². The predicted molar refractivity (Wildman–Crippen MR) is 98.4 cm³/mol. The minimum absolute atomic E-state index is 0.224. The highest BCUT2D eigenvalue weighted by atomic mass is 79.9. The highest BCUT2D eigenvalue weighted by molar-refractivity contribution is 9.10. The second-order valence-electron chi connectivity index (χ2n) is 5.02. The maximum Gasteiger partial charge on any atom is 0.258 e. The average Bonchev–Trinajstić information content (AvgIpc) is 2.96. The highest BCUT2D eigenvalue weighted by Crippen LogP contribution is 2.24. The molecule has 2 aromatic carbocycles. The zero-order valence-electron chi connectivity index (χ0n) is 12.2. The number of carbonyl (C=O) groups is 1. The van der Waals surface area contributed by atoms with E-state index in [4.69, 9.17) is 11.6 Å². The summed E-state index contributed by atoms with van der Waals surface area (Å²) >= 11 is 10.6. The number of aromatic nitrogens is 1. The quantitative estimate of drug-likeness (QED) is 0.596. The Balaban J connectivity index is 1.72. The van der Waals surface area contributed by atoms with Gasteiger partial charge in [-0.05, 0) is 51.8 Å². The maximum absolute atomic E-state index is 13.3. The molecule has 1 heterocycles. The van der Waals surface area contributed by atoms with Gasteiger partial charge >= 0.3 is 0 Å². The lowest BCUT2D eigenvalue weighted by atomic mass is 10.1. The van der Waals surface area contributed by atoms with Crippen molar-refractivity contribution in [1.82, 2.24) is 4.98 Å². The van der Waals surface area contributed by atoms with E-state index in [2.05, 4.69) is 26.2 Å². The lowest BCUT2D eigenvalue weighted by Gasteiger charge is -2.04. The van der Waals surface area contributed by atoms with Crippen molar-refractivity contribution < 1.29 is 9.18 Å². The topological polar surface area (TPSA) is 42.0 Å². The number of nitrogens with one attached hydrogen (secondary N) is 1. The molecule has 3 rings (SSSR count). The Bertz CT molecular complexity index is 900. The standard InChI is InChI=1S/C17H11BrClFN2OS/c18-15-5-4-12(20)8-14(15)16(23)22-17-21-9-13(24-17)7-10-2-1-3-11(19)6-10/h1-6,8-9H,7H2,(H,21,22,23). The number of nitrogens with zero attached hydrogens (tertiary/aromatic N) is 1. The Labute approximate surface area is 155 Å². The zero-order chi connectivity index (χ0) is 17.1. The van der Waals surface area contributed by atoms with Crippen LogP contribution in [0.4, 0.5) is 9.52 Å². The second kappa shape index (κ2) is 7.42. The van der Waals surface area contributed by atoms with Gasteiger partial charge in [-0.15, -0.1) is 11.3 Å². The fourth-order valence-electron chi connectivity index (χ4n) is 2.13. The summed E-state index contributed by atoms with van der Waals surface area (Å²) in [5.74, 6) is -0.880. The van der Waals surface area contributed by atoms with Crippen molar-refractivity contribution in [3.63, 3.8) is 0 Å². The van der Waals surface area contributed by atoms with Crippen molar-refractivity contribution in [2.24, 2.45) is 0 Å². The van der Waals surface area contributed by atoms with Crippen molar-refractivity contribution in [3.05, 3.63) is 80.0 Å². The van der Waals surface area contributed by atoms with Crippen LogP contribution in [0.3, 0.4) is 0 Å². The fourth-order valence-corrected chi connectivity index (χ4v) is 3.61.